The van der Waals surface area contributed by atoms with E-state index in [1.165, 1.54) is 54.5 Å². The van der Waals surface area contributed by atoms with Crippen LogP contribution in [-0.2, 0) is 14.3 Å². The van der Waals surface area contributed by atoms with Crippen LogP contribution in [0.1, 0.15) is 27.1 Å². The Morgan fingerprint density at radius 3 is 2.32 bits per heavy atom. The van der Waals surface area contributed by atoms with Gasteiger partial charge in [0.2, 0.25) is 11.0 Å². The second-order valence-corrected chi connectivity index (χ2v) is 8.32. The highest BCUT2D eigenvalue weighted by atomic mass is 32.1. The zero-order chi connectivity index (χ0) is 26.5. The Morgan fingerprint density at radius 1 is 0.973 bits per heavy atom. The molecule has 9 nitrogen and oxygen atoms in total. The number of esters is 1. The Labute approximate surface area is 216 Å². The SMILES string of the molecule is COC(=O)c1ccc(NC(=O)CC2C(=O)N(c3ccccc3)C(=S)N2NC(=O)c2cccc(F)c2)cc1. The Balaban J connectivity index is 1.56. The molecule has 1 fully saturated rings. The van der Waals surface area contributed by atoms with Crippen LogP contribution in [0, 0.1) is 5.82 Å². The van der Waals surface area contributed by atoms with Crippen LogP contribution in [0.15, 0.2) is 78.9 Å². The Hall–Kier alpha value is -4.64. The summed E-state index contributed by atoms with van der Waals surface area (Å²) in [6.45, 7) is 0. The molecule has 0 bridgehead atoms. The fourth-order valence-corrected chi connectivity index (χ4v) is 4.08. The van der Waals surface area contributed by atoms with E-state index in [-0.39, 0.29) is 17.1 Å². The number of benzene rings is 3. The van der Waals surface area contributed by atoms with Crippen molar-refractivity contribution in [1.29, 1.82) is 0 Å². The maximum absolute atomic E-state index is 13.6. The van der Waals surface area contributed by atoms with Gasteiger partial charge in [-0.2, -0.15) is 0 Å². The zero-order valence-electron chi connectivity index (χ0n) is 19.5. The highest BCUT2D eigenvalue weighted by Gasteiger charge is 2.45. The van der Waals surface area contributed by atoms with Gasteiger partial charge in [-0.25, -0.2) is 14.2 Å². The number of anilines is 2. The quantitative estimate of drug-likeness (QED) is 0.364. The monoisotopic (exact) mass is 520 g/mol. The van der Waals surface area contributed by atoms with Gasteiger partial charge in [0.25, 0.3) is 11.8 Å². The largest absolute Gasteiger partial charge is 0.465 e. The van der Waals surface area contributed by atoms with E-state index in [4.69, 9.17) is 12.2 Å². The minimum Gasteiger partial charge on any atom is -0.465 e. The number of hydrazine groups is 1. The summed E-state index contributed by atoms with van der Waals surface area (Å²) in [4.78, 5) is 51.9. The van der Waals surface area contributed by atoms with Crippen molar-refractivity contribution in [3.05, 3.63) is 95.8 Å². The van der Waals surface area contributed by atoms with Gasteiger partial charge in [0, 0.05) is 11.3 Å². The van der Waals surface area contributed by atoms with Crippen LogP contribution >= 0.6 is 12.2 Å². The smallest absolute Gasteiger partial charge is 0.337 e. The van der Waals surface area contributed by atoms with Crippen molar-refractivity contribution in [1.82, 2.24) is 10.4 Å². The van der Waals surface area contributed by atoms with E-state index in [9.17, 15) is 23.6 Å². The normalized spacial score (nSPS) is 14.9. The van der Waals surface area contributed by atoms with E-state index in [0.717, 1.165) is 11.1 Å². The lowest BCUT2D eigenvalue weighted by Crippen LogP contribution is -2.49. The topological polar surface area (TPSA) is 108 Å². The predicted octanol–water partition coefficient (Wildman–Crippen LogP) is 3.29. The first-order chi connectivity index (χ1) is 17.8. The van der Waals surface area contributed by atoms with Crippen LogP contribution in [0.4, 0.5) is 15.8 Å². The van der Waals surface area contributed by atoms with Crippen molar-refractivity contribution < 1.29 is 28.3 Å². The van der Waals surface area contributed by atoms with E-state index < -0.39 is 35.5 Å². The molecule has 188 valence electrons. The van der Waals surface area contributed by atoms with Gasteiger partial charge in [-0.3, -0.25) is 24.7 Å². The van der Waals surface area contributed by atoms with Crippen LogP contribution < -0.4 is 15.6 Å². The third-order valence-corrected chi connectivity index (χ3v) is 5.89. The summed E-state index contributed by atoms with van der Waals surface area (Å²) >= 11 is 5.49. The van der Waals surface area contributed by atoms with Crippen molar-refractivity contribution in [2.24, 2.45) is 0 Å². The summed E-state index contributed by atoms with van der Waals surface area (Å²) in [5, 5.41) is 3.76. The minimum atomic E-state index is -1.17. The van der Waals surface area contributed by atoms with Crippen LogP contribution in [0.25, 0.3) is 0 Å². The molecule has 1 atom stereocenters. The van der Waals surface area contributed by atoms with Crippen molar-refractivity contribution in [3.63, 3.8) is 0 Å². The summed E-state index contributed by atoms with van der Waals surface area (Å²) in [5.41, 5.74) is 3.72. The van der Waals surface area contributed by atoms with Gasteiger partial charge in [0.05, 0.1) is 24.8 Å². The van der Waals surface area contributed by atoms with E-state index >= 15 is 0 Å². The van der Waals surface area contributed by atoms with Gasteiger partial charge in [-0.1, -0.05) is 24.3 Å². The standard InChI is InChI=1S/C26H21FN4O5S/c1-36-25(35)16-10-12-19(13-11-16)28-22(32)15-21-24(34)30(20-8-3-2-4-9-20)26(37)31(21)29-23(33)17-6-5-7-18(27)14-17/h2-14,21H,15H2,1H3,(H,28,32)(H,29,33). The van der Waals surface area contributed by atoms with E-state index in [1.807, 2.05) is 0 Å². The molecule has 0 spiro atoms. The molecule has 1 aliphatic heterocycles. The maximum Gasteiger partial charge on any atom is 0.337 e. The summed E-state index contributed by atoms with van der Waals surface area (Å²) < 4.78 is 18.3. The fourth-order valence-electron chi connectivity index (χ4n) is 3.71. The number of hydrogen-bond acceptors (Lipinski definition) is 6. The number of nitrogens with one attached hydrogen (secondary N) is 2. The fraction of sp³-hybridized carbons (Fsp3) is 0.115. The molecule has 37 heavy (non-hydrogen) atoms. The summed E-state index contributed by atoms with van der Waals surface area (Å²) in [6, 6.07) is 18.4. The van der Waals surface area contributed by atoms with Crippen molar-refractivity contribution in [2.45, 2.75) is 12.5 Å². The number of halogens is 1. The van der Waals surface area contributed by atoms with Gasteiger partial charge in [0.1, 0.15) is 11.9 Å². The number of methoxy groups -OCH3 is 1. The van der Waals surface area contributed by atoms with E-state index in [0.29, 0.717) is 16.9 Å². The van der Waals surface area contributed by atoms with Gasteiger partial charge in [-0.15, -0.1) is 0 Å². The molecule has 11 heteroatoms. The van der Waals surface area contributed by atoms with Crippen LogP contribution in [-0.4, -0.2) is 47.0 Å². The molecule has 0 saturated carbocycles. The van der Waals surface area contributed by atoms with Gasteiger partial charge < -0.3 is 10.1 Å². The predicted molar refractivity (Wildman–Crippen MR) is 137 cm³/mol. The molecule has 4 rings (SSSR count). The first kappa shape index (κ1) is 25.5. The number of nitrogens with zero attached hydrogens (tertiary/aromatic N) is 2. The molecule has 0 radical (unpaired) electrons. The first-order valence-corrected chi connectivity index (χ1v) is 11.5. The third-order valence-electron chi connectivity index (χ3n) is 5.51. The molecule has 3 aromatic rings. The molecule has 1 unspecified atom stereocenters. The highest BCUT2D eigenvalue weighted by Crippen LogP contribution is 2.26. The van der Waals surface area contributed by atoms with Gasteiger partial charge >= 0.3 is 5.97 Å². The number of para-hydroxylation sites is 1. The number of carbonyl (C=O) groups is 4. The van der Waals surface area contributed by atoms with Crippen LogP contribution in [0.5, 0.6) is 0 Å². The van der Waals surface area contributed by atoms with Gasteiger partial charge in [0.15, 0.2) is 0 Å². The Bertz CT molecular complexity index is 1370. The number of ether oxygens (including phenoxy) is 1. The molecular formula is C26H21FN4O5S. The number of carbonyl (C=O) groups excluding carboxylic acids is 4. The number of hydrogen-bond donors (Lipinski definition) is 2. The molecular weight excluding hydrogens is 499 g/mol. The van der Waals surface area contributed by atoms with Crippen molar-refractivity contribution in [3.8, 4) is 0 Å². The number of amides is 3. The molecule has 1 aliphatic rings. The van der Waals surface area contributed by atoms with Crippen LogP contribution in [0.2, 0.25) is 0 Å². The average molecular weight is 521 g/mol. The minimum absolute atomic E-state index is 0.0160. The molecule has 1 saturated heterocycles. The molecule has 0 aromatic heterocycles. The molecule has 2 N–H and O–H groups in total. The lowest BCUT2D eigenvalue weighted by Gasteiger charge is -2.24. The van der Waals surface area contributed by atoms with Crippen molar-refractivity contribution in [2.75, 3.05) is 17.3 Å². The number of thiocarbonyl (C=S) groups is 1. The molecule has 3 amide bonds. The maximum atomic E-state index is 13.6. The third kappa shape index (κ3) is 5.62. The highest BCUT2D eigenvalue weighted by molar-refractivity contribution is 7.80. The van der Waals surface area contributed by atoms with Crippen molar-refractivity contribution >= 4 is 52.4 Å². The molecule has 0 aliphatic carbocycles. The van der Waals surface area contributed by atoms with E-state index in [2.05, 4.69) is 15.5 Å². The second-order valence-electron chi connectivity index (χ2n) is 7.95. The van der Waals surface area contributed by atoms with Gasteiger partial charge in [-0.05, 0) is 66.8 Å². The second kappa shape index (κ2) is 11.0. The Morgan fingerprint density at radius 2 is 1.68 bits per heavy atom. The first-order valence-electron chi connectivity index (χ1n) is 11.1. The van der Waals surface area contributed by atoms with Crippen LogP contribution in [0.3, 0.4) is 0 Å². The van der Waals surface area contributed by atoms with E-state index in [1.54, 1.807) is 30.3 Å². The molecule has 1 heterocycles. The zero-order valence-corrected chi connectivity index (χ0v) is 20.3. The lowest BCUT2D eigenvalue weighted by atomic mass is 10.1. The summed E-state index contributed by atoms with van der Waals surface area (Å²) in [7, 11) is 1.26. The Kier molecular flexibility index (Phi) is 7.54. The summed E-state index contributed by atoms with van der Waals surface area (Å²) in [6.07, 6.45) is -0.357. The summed E-state index contributed by atoms with van der Waals surface area (Å²) in [5.74, 6) is -2.88. The number of rotatable bonds is 7. The molecule has 3 aromatic carbocycles. The average Bonchev–Trinajstić information content (AvgIpc) is 3.12. The lowest BCUT2D eigenvalue weighted by molar-refractivity contribution is -0.124.